The fourth-order valence-corrected chi connectivity index (χ4v) is 3.67. The summed E-state index contributed by atoms with van der Waals surface area (Å²) in [6, 6.07) is 9.95. The van der Waals surface area contributed by atoms with Crippen molar-refractivity contribution < 1.29 is 18.8 Å². The van der Waals surface area contributed by atoms with Gasteiger partial charge in [-0.2, -0.15) is 0 Å². The van der Waals surface area contributed by atoms with Crippen molar-refractivity contribution in [1.82, 2.24) is 10.2 Å². The van der Waals surface area contributed by atoms with E-state index < -0.39 is 35.7 Å². The average Bonchev–Trinajstić information content (AvgIpc) is 2.82. The van der Waals surface area contributed by atoms with Crippen LogP contribution < -0.4 is 10.6 Å². The number of hydrogen-bond donors (Lipinski definition) is 2. The second-order valence-electron chi connectivity index (χ2n) is 6.10. The molecule has 3 rings (SSSR count). The summed E-state index contributed by atoms with van der Waals surface area (Å²) in [6.45, 7) is 0.999. The Kier molecular flexibility index (Phi) is 5.21. The van der Waals surface area contributed by atoms with Crippen molar-refractivity contribution in [2.75, 3.05) is 11.9 Å². The Morgan fingerprint density at radius 3 is 2.70 bits per heavy atom. The quantitative estimate of drug-likeness (QED) is 0.692. The van der Waals surface area contributed by atoms with E-state index in [1.807, 2.05) is 0 Å². The monoisotopic (exact) mass is 453 g/mol. The lowest BCUT2D eigenvalue weighted by molar-refractivity contribution is -0.133. The number of nitrogens with zero attached hydrogens (tertiary/aromatic N) is 1. The number of imide groups is 1. The maximum Gasteiger partial charge on any atom is 0.325 e. The lowest BCUT2D eigenvalue weighted by Crippen LogP contribution is -2.42. The van der Waals surface area contributed by atoms with Gasteiger partial charge in [-0.1, -0.05) is 45.7 Å². The number of rotatable bonds is 4. The first-order chi connectivity index (χ1) is 12.7. The van der Waals surface area contributed by atoms with Gasteiger partial charge in [-0.05, 0) is 31.2 Å². The molecule has 1 aliphatic rings. The molecular formula is C18H14BrClFN3O3. The SMILES string of the molecule is CC1(c2ccccc2Br)NC(=O)N(CC(=O)Nc2cc(Cl)ccc2F)C1=O. The number of carbonyl (C=O) groups excluding carboxylic acids is 3. The van der Waals surface area contributed by atoms with Gasteiger partial charge >= 0.3 is 6.03 Å². The van der Waals surface area contributed by atoms with Crippen LogP contribution in [0.2, 0.25) is 5.02 Å². The van der Waals surface area contributed by atoms with Crippen molar-refractivity contribution >= 4 is 51.1 Å². The van der Waals surface area contributed by atoms with E-state index in [0.717, 1.165) is 11.0 Å². The van der Waals surface area contributed by atoms with E-state index in [1.54, 1.807) is 31.2 Å². The third kappa shape index (κ3) is 3.68. The minimum absolute atomic E-state index is 0.131. The molecule has 140 valence electrons. The number of urea groups is 1. The number of halogens is 3. The molecule has 1 fully saturated rings. The van der Waals surface area contributed by atoms with E-state index >= 15 is 0 Å². The molecule has 4 amide bonds. The zero-order valence-electron chi connectivity index (χ0n) is 14.1. The predicted molar refractivity (Wildman–Crippen MR) is 102 cm³/mol. The minimum Gasteiger partial charge on any atom is -0.322 e. The Morgan fingerprint density at radius 2 is 2.00 bits per heavy atom. The van der Waals surface area contributed by atoms with Gasteiger partial charge in [0, 0.05) is 15.1 Å². The Hall–Kier alpha value is -2.45. The molecule has 1 atom stereocenters. The predicted octanol–water partition coefficient (Wildman–Crippen LogP) is 3.65. The molecule has 1 heterocycles. The van der Waals surface area contributed by atoms with Gasteiger partial charge in [-0.15, -0.1) is 0 Å². The first-order valence-corrected chi connectivity index (χ1v) is 9.03. The molecule has 1 unspecified atom stereocenters. The lowest BCUT2D eigenvalue weighted by Gasteiger charge is -2.23. The molecule has 0 saturated carbocycles. The molecule has 0 aliphatic carbocycles. The van der Waals surface area contributed by atoms with Gasteiger partial charge in [0.05, 0.1) is 5.69 Å². The number of amides is 4. The van der Waals surface area contributed by atoms with E-state index in [1.165, 1.54) is 12.1 Å². The van der Waals surface area contributed by atoms with Gasteiger partial charge in [0.1, 0.15) is 17.9 Å². The summed E-state index contributed by atoms with van der Waals surface area (Å²) in [4.78, 5) is 38.2. The minimum atomic E-state index is -1.32. The van der Waals surface area contributed by atoms with Crippen molar-refractivity contribution in [2.45, 2.75) is 12.5 Å². The van der Waals surface area contributed by atoms with Crippen molar-refractivity contribution in [2.24, 2.45) is 0 Å². The first-order valence-electron chi connectivity index (χ1n) is 7.86. The number of benzene rings is 2. The van der Waals surface area contributed by atoms with Gasteiger partial charge in [0.25, 0.3) is 5.91 Å². The largest absolute Gasteiger partial charge is 0.325 e. The van der Waals surface area contributed by atoms with Crippen molar-refractivity contribution in [3.05, 3.63) is 63.3 Å². The maximum absolute atomic E-state index is 13.7. The number of carbonyl (C=O) groups is 3. The highest BCUT2D eigenvalue weighted by atomic mass is 79.9. The molecule has 6 nitrogen and oxygen atoms in total. The van der Waals surface area contributed by atoms with Crippen LogP contribution >= 0.6 is 27.5 Å². The topological polar surface area (TPSA) is 78.5 Å². The van der Waals surface area contributed by atoms with E-state index in [9.17, 15) is 18.8 Å². The molecule has 9 heteroatoms. The van der Waals surface area contributed by atoms with Gasteiger partial charge < -0.3 is 10.6 Å². The lowest BCUT2D eigenvalue weighted by atomic mass is 9.92. The molecule has 2 aromatic rings. The number of nitrogens with one attached hydrogen (secondary N) is 2. The molecule has 0 aromatic heterocycles. The summed E-state index contributed by atoms with van der Waals surface area (Å²) in [5.74, 6) is -1.99. The van der Waals surface area contributed by atoms with Crippen LogP contribution in [0.15, 0.2) is 46.9 Å². The standard InChI is InChI=1S/C18H14BrClFN3O3/c1-18(11-4-2-3-5-12(11)19)16(26)24(17(27)23-18)9-15(25)22-14-8-10(20)6-7-13(14)21/h2-8H,9H2,1H3,(H,22,25)(H,23,27). The molecule has 2 N–H and O–H groups in total. The van der Waals surface area contributed by atoms with E-state index in [4.69, 9.17) is 11.6 Å². The second kappa shape index (κ2) is 7.28. The van der Waals surface area contributed by atoms with Crippen LogP contribution in [0.1, 0.15) is 12.5 Å². The molecule has 1 aliphatic heterocycles. The third-order valence-electron chi connectivity index (χ3n) is 4.19. The highest BCUT2D eigenvalue weighted by Crippen LogP contribution is 2.33. The van der Waals surface area contributed by atoms with Crippen LogP contribution in [0.25, 0.3) is 0 Å². The van der Waals surface area contributed by atoms with Crippen LogP contribution in [0.4, 0.5) is 14.9 Å². The second-order valence-corrected chi connectivity index (χ2v) is 7.39. The zero-order valence-corrected chi connectivity index (χ0v) is 16.4. The van der Waals surface area contributed by atoms with Gasteiger partial charge in [-0.25, -0.2) is 9.18 Å². The smallest absolute Gasteiger partial charge is 0.322 e. The highest BCUT2D eigenvalue weighted by Gasteiger charge is 2.50. The van der Waals surface area contributed by atoms with Crippen molar-refractivity contribution in [3.8, 4) is 0 Å². The summed E-state index contributed by atoms with van der Waals surface area (Å²) in [6.07, 6.45) is 0. The molecule has 0 spiro atoms. The molecular weight excluding hydrogens is 441 g/mol. The van der Waals surface area contributed by atoms with Crippen LogP contribution in [0.3, 0.4) is 0 Å². The summed E-state index contributed by atoms with van der Waals surface area (Å²) in [7, 11) is 0. The fourth-order valence-electron chi connectivity index (χ4n) is 2.82. The molecule has 1 saturated heterocycles. The zero-order chi connectivity index (χ0) is 19.8. The Morgan fingerprint density at radius 1 is 1.30 bits per heavy atom. The Labute approximate surface area is 167 Å². The fraction of sp³-hybridized carbons (Fsp3) is 0.167. The van der Waals surface area contributed by atoms with Crippen molar-refractivity contribution in [1.29, 1.82) is 0 Å². The first kappa shape index (κ1) is 19.3. The summed E-state index contributed by atoms with van der Waals surface area (Å²) < 4.78 is 14.4. The Balaban J connectivity index is 1.79. The van der Waals surface area contributed by atoms with Gasteiger partial charge in [0.2, 0.25) is 5.91 Å². The number of hydrogen-bond acceptors (Lipinski definition) is 3. The van der Waals surface area contributed by atoms with Crippen LogP contribution in [-0.4, -0.2) is 29.3 Å². The van der Waals surface area contributed by atoms with Crippen LogP contribution in [0, 0.1) is 5.82 Å². The summed E-state index contributed by atoms with van der Waals surface area (Å²) in [5, 5.41) is 5.16. The summed E-state index contributed by atoms with van der Waals surface area (Å²) in [5.41, 5.74) is -0.890. The highest BCUT2D eigenvalue weighted by molar-refractivity contribution is 9.10. The van der Waals surface area contributed by atoms with Crippen LogP contribution in [-0.2, 0) is 15.1 Å². The summed E-state index contributed by atoms with van der Waals surface area (Å²) >= 11 is 9.15. The van der Waals surface area contributed by atoms with Gasteiger partial charge in [0.15, 0.2) is 0 Å². The average molecular weight is 455 g/mol. The van der Waals surface area contributed by atoms with Crippen molar-refractivity contribution in [3.63, 3.8) is 0 Å². The molecule has 2 aromatic carbocycles. The normalized spacial score (nSPS) is 19.2. The third-order valence-corrected chi connectivity index (χ3v) is 5.12. The molecule has 0 radical (unpaired) electrons. The van der Waals surface area contributed by atoms with E-state index in [2.05, 4.69) is 26.6 Å². The van der Waals surface area contributed by atoms with E-state index in [-0.39, 0.29) is 10.7 Å². The van der Waals surface area contributed by atoms with E-state index in [0.29, 0.717) is 10.0 Å². The Bertz CT molecular complexity index is 955. The van der Waals surface area contributed by atoms with Gasteiger partial charge in [-0.3, -0.25) is 14.5 Å². The number of anilines is 1. The molecule has 27 heavy (non-hydrogen) atoms. The molecule has 0 bridgehead atoms. The maximum atomic E-state index is 13.7. The van der Waals surface area contributed by atoms with Crippen LogP contribution in [0.5, 0.6) is 0 Å².